The number of hydrogen-bond acceptors (Lipinski definition) is 4. The molecule has 1 aromatic heterocycles. The third-order valence-corrected chi connectivity index (χ3v) is 4.48. The second kappa shape index (κ2) is 7.56. The predicted octanol–water partition coefficient (Wildman–Crippen LogP) is 1.31. The molecule has 1 fully saturated rings. The first-order valence-electron chi connectivity index (χ1n) is 7.32. The molecule has 0 unspecified atom stereocenters. The second-order valence-corrected chi connectivity index (χ2v) is 6.64. The van der Waals surface area contributed by atoms with Crippen molar-refractivity contribution in [3.63, 3.8) is 0 Å². The van der Waals surface area contributed by atoms with Gasteiger partial charge in [-0.2, -0.15) is 0 Å². The van der Waals surface area contributed by atoms with E-state index in [0.29, 0.717) is 25.9 Å². The largest absolute Gasteiger partial charge is 0.354 e. The minimum absolute atomic E-state index is 0.0174. The fourth-order valence-electron chi connectivity index (χ4n) is 2.50. The zero-order valence-electron chi connectivity index (χ0n) is 12.7. The lowest BCUT2D eigenvalue weighted by Gasteiger charge is -2.23. The van der Waals surface area contributed by atoms with Crippen LogP contribution in [0.15, 0.2) is 17.5 Å². The zero-order chi connectivity index (χ0) is 15.2. The maximum Gasteiger partial charge on any atom is 0.242 e. The lowest BCUT2D eigenvalue weighted by molar-refractivity contribution is -0.135. The highest BCUT2D eigenvalue weighted by atomic mass is 32.1. The van der Waals surface area contributed by atoms with Crippen LogP contribution in [0.25, 0.3) is 0 Å². The van der Waals surface area contributed by atoms with Crippen LogP contribution in [-0.4, -0.2) is 54.8 Å². The van der Waals surface area contributed by atoms with E-state index in [1.54, 1.807) is 16.2 Å². The Bertz CT molecular complexity index is 473. The van der Waals surface area contributed by atoms with E-state index < -0.39 is 0 Å². The van der Waals surface area contributed by atoms with Gasteiger partial charge in [0, 0.05) is 17.8 Å². The lowest BCUT2D eigenvalue weighted by atomic mass is 10.2. The van der Waals surface area contributed by atoms with E-state index in [0.717, 1.165) is 17.8 Å². The van der Waals surface area contributed by atoms with E-state index in [1.807, 2.05) is 31.6 Å². The van der Waals surface area contributed by atoms with Crippen molar-refractivity contribution in [3.8, 4) is 0 Å². The number of amides is 2. The molecule has 2 heterocycles. The molecular formula is C15H23N3O2S. The van der Waals surface area contributed by atoms with Crippen LogP contribution >= 0.6 is 11.3 Å². The van der Waals surface area contributed by atoms with Gasteiger partial charge in [0.25, 0.3) is 0 Å². The summed E-state index contributed by atoms with van der Waals surface area (Å²) in [7, 11) is 4.03. The summed E-state index contributed by atoms with van der Waals surface area (Å²) in [6.45, 7) is 2.16. The highest BCUT2D eigenvalue weighted by Gasteiger charge is 2.35. The van der Waals surface area contributed by atoms with Crippen LogP contribution in [0.2, 0.25) is 0 Å². The third-order valence-electron chi connectivity index (χ3n) is 3.62. The summed E-state index contributed by atoms with van der Waals surface area (Å²) < 4.78 is 0. The zero-order valence-corrected chi connectivity index (χ0v) is 13.5. The molecule has 1 saturated heterocycles. The van der Waals surface area contributed by atoms with Crippen molar-refractivity contribution in [2.45, 2.75) is 31.8 Å². The molecule has 1 aliphatic rings. The Morgan fingerprint density at radius 3 is 3.00 bits per heavy atom. The molecule has 0 saturated carbocycles. The van der Waals surface area contributed by atoms with Gasteiger partial charge < -0.3 is 15.1 Å². The van der Waals surface area contributed by atoms with E-state index in [2.05, 4.69) is 10.2 Å². The Hall–Kier alpha value is -1.40. The molecule has 21 heavy (non-hydrogen) atoms. The van der Waals surface area contributed by atoms with Crippen LogP contribution in [0.1, 0.15) is 24.1 Å². The fraction of sp³-hybridized carbons (Fsp3) is 0.600. The van der Waals surface area contributed by atoms with Crippen molar-refractivity contribution in [2.75, 3.05) is 27.2 Å². The molecule has 2 rings (SSSR count). The number of nitrogens with zero attached hydrogens (tertiary/aromatic N) is 2. The average Bonchev–Trinajstić information content (AvgIpc) is 3.06. The van der Waals surface area contributed by atoms with Gasteiger partial charge >= 0.3 is 0 Å². The van der Waals surface area contributed by atoms with Crippen LogP contribution in [0.5, 0.6) is 0 Å². The second-order valence-electron chi connectivity index (χ2n) is 5.60. The molecule has 0 spiro atoms. The molecule has 0 aliphatic carbocycles. The normalized spacial score (nSPS) is 18.5. The van der Waals surface area contributed by atoms with Crippen molar-refractivity contribution < 1.29 is 9.59 Å². The van der Waals surface area contributed by atoms with E-state index in [4.69, 9.17) is 0 Å². The Morgan fingerprint density at radius 2 is 2.33 bits per heavy atom. The Balaban J connectivity index is 1.85. The summed E-state index contributed by atoms with van der Waals surface area (Å²) in [5.74, 6) is 0.0630. The van der Waals surface area contributed by atoms with E-state index in [1.165, 1.54) is 0 Å². The van der Waals surface area contributed by atoms with E-state index in [-0.39, 0.29) is 17.9 Å². The smallest absolute Gasteiger partial charge is 0.242 e. The van der Waals surface area contributed by atoms with Gasteiger partial charge in [-0.05, 0) is 44.9 Å². The van der Waals surface area contributed by atoms with Gasteiger partial charge in [-0.3, -0.25) is 9.59 Å². The number of carbonyl (C=O) groups excluding carboxylic acids is 2. The van der Waals surface area contributed by atoms with Crippen molar-refractivity contribution in [3.05, 3.63) is 22.4 Å². The van der Waals surface area contributed by atoms with Crippen LogP contribution < -0.4 is 5.32 Å². The third kappa shape index (κ3) is 4.54. The maximum atomic E-state index is 12.3. The minimum Gasteiger partial charge on any atom is -0.354 e. The first kappa shape index (κ1) is 16.0. The molecule has 0 bridgehead atoms. The fourth-order valence-corrected chi connectivity index (χ4v) is 3.20. The topological polar surface area (TPSA) is 52.7 Å². The number of carbonyl (C=O) groups is 2. The van der Waals surface area contributed by atoms with Crippen molar-refractivity contribution in [1.82, 2.24) is 15.1 Å². The highest BCUT2D eigenvalue weighted by Crippen LogP contribution is 2.23. The predicted molar refractivity (Wildman–Crippen MR) is 84.1 cm³/mol. The quantitative estimate of drug-likeness (QED) is 0.773. The van der Waals surface area contributed by atoms with Crippen molar-refractivity contribution in [2.24, 2.45) is 0 Å². The summed E-state index contributed by atoms with van der Waals surface area (Å²) in [6.07, 6.45) is 2.02. The Labute approximate surface area is 129 Å². The van der Waals surface area contributed by atoms with E-state index >= 15 is 0 Å². The van der Waals surface area contributed by atoms with Crippen LogP contribution in [0, 0.1) is 0 Å². The molecule has 116 valence electrons. The Morgan fingerprint density at radius 1 is 1.52 bits per heavy atom. The highest BCUT2D eigenvalue weighted by molar-refractivity contribution is 7.09. The van der Waals surface area contributed by atoms with Gasteiger partial charge in [-0.15, -0.1) is 11.3 Å². The molecule has 1 N–H and O–H groups in total. The molecule has 5 nitrogen and oxygen atoms in total. The summed E-state index contributed by atoms with van der Waals surface area (Å²) in [5, 5.41) is 4.95. The molecular weight excluding hydrogens is 286 g/mol. The minimum atomic E-state index is -0.307. The first-order chi connectivity index (χ1) is 10.1. The van der Waals surface area contributed by atoms with Gasteiger partial charge in [0.1, 0.15) is 6.04 Å². The Kier molecular flexibility index (Phi) is 5.76. The maximum absolute atomic E-state index is 12.3. The van der Waals surface area contributed by atoms with Crippen LogP contribution in [-0.2, 0) is 16.1 Å². The molecule has 1 aliphatic heterocycles. The van der Waals surface area contributed by atoms with Crippen LogP contribution in [0.3, 0.4) is 0 Å². The number of hydrogen-bond donors (Lipinski definition) is 1. The summed E-state index contributed by atoms with van der Waals surface area (Å²) in [6, 6.07) is 3.66. The van der Waals surface area contributed by atoms with Gasteiger partial charge in [-0.1, -0.05) is 6.07 Å². The number of nitrogens with one attached hydrogen (secondary N) is 1. The summed E-state index contributed by atoms with van der Waals surface area (Å²) in [5.41, 5.74) is 0. The number of likely N-dealkylation sites (tertiary alicyclic amines) is 1. The van der Waals surface area contributed by atoms with Crippen molar-refractivity contribution in [1.29, 1.82) is 0 Å². The van der Waals surface area contributed by atoms with Gasteiger partial charge in [0.15, 0.2) is 0 Å². The summed E-state index contributed by atoms with van der Waals surface area (Å²) in [4.78, 5) is 29.2. The number of thiophene rings is 1. The molecule has 0 aromatic carbocycles. The molecule has 1 aromatic rings. The monoisotopic (exact) mass is 309 g/mol. The standard InChI is InChI=1S/C15H23N3O2S/c1-17(2)9-4-8-16-15(20)13-6-7-14(19)18(13)11-12-5-3-10-21-12/h3,5,10,13H,4,6-9,11H2,1-2H3,(H,16,20)/t13-/m1/s1. The average molecular weight is 309 g/mol. The molecule has 2 amide bonds. The first-order valence-corrected chi connectivity index (χ1v) is 8.20. The molecule has 1 atom stereocenters. The molecule has 0 radical (unpaired) electrons. The number of rotatable bonds is 7. The lowest BCUT2D eigenvalue weighted by Crippen LogP contribution is -2.44. The van der Waals surface area contributed by atoms with E-state index in [9.17, 15) is 9.59 Å². The van der Waals surface area contributed by atoms with Crippen LogP contribution in [0.4, 0.5) is 0 Å². The SMILES string of the molecule is CN(C)CCCNC(=O)[C@H]1CCC(=O)N1Cc1cccs1. The van der Waals surface area contributed by atoms with Gasteiger partial charge in [-0.25, -0.2) is 0 Å². The van der Waals surface area contributed by atoms with Crippen molar-refractivity contribution >= 4 is 23.2 Å². The summed E-state index contributed by atoms with van der Waals surface area (Å²) >= 11 is 1.62. The van der Waals surface area contributed by atoms with Gasteiger partial charge in [0.05, 0.1) is 6.54 Å². The van der Waals surface area contributed by atoms with Gasteiger partial charge in [0.2, 0.25) is 11.8 Å². The molecule has 6 heteroatoms.